The molecule has 65 heavy (non-hydrogen) atoms. The molecule has 0 aliphatic heterocycles. The van der Waals surface area contributed by atoms with E-state index in [4.69, 9.17) is 0 Å². The quantitative estimate of drug-likeness (QED) is 0.119. The van der Waals surface area contributed by atoms with E-state index < -0.39 is 8.07 Å². The van der Waals surface area contributed by atoms with E-state index >= 15 is 0 Å². The second kappa shape index (κ2) is 15.8. The number of fused-ring (bicyclic) bond motifs is 10. The van der Waals surface area contributed by atoms with Gasteiger partial charge in [0.15, 0.2) is 0 Å². The summed E-state index contributed by atoms with van der Waals surface area (Å²) in [6.07, 6.45) is 0. The molecule has 0 aromatic heterocycles. The average Bonchev–Trinajstić information content (AvgIpc) is 3.33. The molecule has 0 radical (unpaired) electrons. The van der Waals surface area contributed by atoms with Crippen LogP contribution in [0.15, 0.2) is 212 Å². The molecule has 11 rings (SSSR count). The van der Waals surface area contributed by atoms with Gasteiger partial charge in [0.05, 0.1) is 8.07 Å². The van der Waals surface area contributed by atoms with Crippen molar-refractivity contribution in [2.24, 2.45) is 0 Å². The summed E-state index contributed by atoms with van der Waals surface area (Å²) in [6.45, 7) is 14.1. The van der Waals surface area contributed by atoms with Crippen LogP contribution in [0, 0.1) is 0 Å². The van der Waals surface area contributed by atoms with Gasteiger partial charge in [0, 0.05) is 17.1 Å². The molecule has 0 amide bonds. The third-order valence-corrected chi connectivity index (χ3v) is 15.6. The number of rotatable bonds is 6. The van der Waals surface area contributed by atoms with E-state index in [9.17, 15) is 0 Å². The fraction of sp³-hybridized carbons (Fsp3) is 0.111. The maximum Gasteiger partial charge on any atom is 0.0775 e. The van der Waals surface area contributed by atoms with Gasteiger partial charge in [-0.3, -0.25) is 0 Å². The van der Waals surface area contributed by atoms with Gasteiger partial charge in [-0.2, -0.15) is 0 Å². The Morgan fingerprint density at radius 3 is 1.05 bits per heavy atom. The Kier molecular flexibility index (Phi) is 9.82. The van der Waals surface area contributed by atoms with E-state index in [1.807, 2.05) is 0 Å². The average molecular weight is 852 g/mol. The fourth-order valence-corrected chi connectivity index (χ4v) is 11.4. The summed E-state index contributed by atoms with van der Waals surface area (Å²) in [5.74, 6) is 0. The zero-order valence-electron chi connectivity index (χ0n) is 38.2. The van der Waals surface area contributed by atoms with E-state index in [-0.39, 0.29) is 5.41 Å². The summed E-state index contributed by atoms with van der Waals surface area (Å²) < 4.78 is 0. The summed E-state index contributed by atoms with van der Waals surface area (Å²) in [5.41, 5.74) is 19.9. The van der Waals surface area contributed by atoms with Crippen molar-refractivity contribution in [1.29, 1.82) is 0 Å². The highest BCUT2D eigenvalue weighted by atomic mass is 28.3. The van der Waals surface area contributed by atoms with Crippen molar-refractivity contribution < 1.29 is 0 Å². The Labute approximate surface area is 385 Å². The molecule has 0 bridgehead atoms. The highest BCUT2D eigenvalue weighted by Crippen LogP contribution is 2.50. The minimum atomic E-state index is -1.46. The fourth-order valence-electron chi connectivity index (χ4n) is 10.2. The summed E-state index contributed by atoms with van der Waals surface area (Å²) in [7, 11) is -1.46. The van der Waals surface area contributed by atoms with Gasteiger partial charge in [0.1, 0.15) is 0 Å². The molecule has 0 atom stereocenters. The number of benzene rings is 10. The van der Waals surface area contributed by atoms with Crippen molar-refractivity contribution in [3.05, 3.63) is 218 Å². The maximum atomic E-state index is 2.46. The van der Waals surface area contributed by atoms with Crippen LogP contribution < -0.4 is 10.1 Å². The molecule has 0 fully saturated rings. The van der Waals surface area contributed by atoms with Crippen LogP contribution in [0.1, 0.15) is 26.3 Å². The first-order chi connectivity index (χ1) is 31.5. The molecular weight excluding hydrogens is 799 g/mol. The molecule has 1 aliphatic rings. The molecule has 10 aromatic carbocycles. The van der Waals surface area contributed by atoms with Crippen LogP contribution in [-0.4, -0.2) is 8.07 Å². The van der Waals surface area contributed by atoms with Gasteiger partial charge in [-0.15, -0.1) is 0 Å². The Bertz CT molecular complexity index is 3300. The predicted octanol–water partition coefficient (Wildman–Crippen LogP) is 17.6. The molecule has 0 spiro atoms. The smallest absolute Gasteiger partial charge is 0.0775 e. The van der Waals surface area contributed by atoms with Crippen LogP contribution in [-0.2, 0) is 5.41 Å². The van der Waals surface area contributed by atoms with Crippen molar-refractivity contribution in [2.75, 3.05) is 4.90 Å². The van der Waals surface area contributed by atoms with Crippen LogP contribution in [0.25, 0.3) is 88.3 Å². The molecule has 0 unspecified atom stereocenters. The Morgan fingerprint density at radius 2 is 0.646 bits per heavy atom. The van der Waals surface area contributed by atoms with Crippen LogP contribution in [0.3, 0.4) is 0 Å². The van der Waals surface area contributed by atoms with Crippen molar-refractivity contribution in [3.8, 4) is 66.8 Å². The second-order valence-corrected chi connectivity index (χ2v) is 24.8. The van der Waals surface area contributed by atoms with Gasteiger partial charge in [-0.05, 0) is 142 Å². The standard InChI is InChI=1S/C63H53NSi/c1-63(2,3)44-30-34-46(35-31-44)64(47-36-38-48(39-37-47)65(4,5)6)45-32-27-42(28-33-45)61-56-23-13-15-25-58(56)62(59-26-16-14-24-57(59)61)43-29-40-55-53-21-10-9-19-51(53)49-17-7-8-18-50(49)52-20-11-12-22-54(52)60(55)41-43/h7-41H,1-6H3. The Balaban J connectivity index is 1.07. The number of hydrogen-bond donors (Lipinski definition) is 0. The Morgan fingerprint density at radius 1 is 0.323 bits per heavy atom. The van der Waals surface area contributed by atoms with E-state index in [2.05, 4.69) is 258 Å². The van der Waals surface area contributed by atoms with Gasteiger partial charge in [0.25, 0.3) is 0 Å². The number of nitrogens with zero attached hydrogens (tertiary/aromatic N) is 1. The van der Waals surface area contributed by atoms with Crippen molar-refractivity contribution in [1.82, 2.24) is 0 Å². The molecule has 1 nitrogen and oxygen atoms in total. The van der Waals surface area contributed by atoms with Crippen LogP contribution in [0.5, 0.6) is 0 Å². The van der Waals surface area contributed by atoms with Crippen LogP contribution >= 0.6 is 0 Å². The third-order valence-electron chi connectivity index (χ3n) is 13.6. The van der Waals surface area contributed by atoms with Gasteiger partial charge >= 0.3 is 0 Å². The van der Waals surface area contributed by atoms with E-state index in [1.54, 1.807) is 0 Å². The van der Waals surface area contributed by atoms with Crippen molar-refractivity contribution in [3.63, 3.8) is 0 Å². The summed E-state index contributed by atoms with van der Waals surface area (Å²) >= 11 is 0. The lowest BCUT2D eigenvalue weighted by atomic mass is 9.79. The highest BCUT2D eigenvalue weighted by Gasteiger charge is 2.25. The Hall–Kier alpha value is -7.26. The topological polar surface area (TPSA) is 3.24 Å². The zero-order chi connectivity index (χ0) is 44.5. The largest absolute Gasteiger partial charge is 0.311 e. The molecule has 0 saturated heterocycles. The van der Waals surface area contributed by atoms with Gasteiger partial charge in [-0.25, -0.2) is 0 Å². The lowest BCUT2D eigenvalue weighted by Gasteiger charge is -2.28. The van der Waals surface area contributed by atoms with Crippen LogP contribution in [0.4, 0.5) is 17.1 Å². The minimum Gasteiger partial charge on any atom is -0.311 e. The molecule has 0 heterocycles. The maximum absolute atomic E-state index is 2.46. The molecule has 10 aromatic rings. The van der Waals surface area contributed by atoms with Gasteiger partial charge in [0.2, 0.25) is 0 Å². The lowest BCUT2D eigenvalue weighted by molar-refractivity contribution is 0.590. The summed E-state index contributed by atoms with van der Waals surface area (Å²) in [5, 5.41) is 6.45. The molecule has 1 aliphatic carbocycles. The SMILES string of the molecule is CC(C)(C)c1ccc(N(c2ccc(-c3c4ccccc4c(-c4ccc5c(c4)-c4ccccc4-c4ccccc4-c4ccccc4-5)c4ccccc34)cc2)c2ccc([Si](C)(C)C)cc2)cc1. The molecule has 2 heteroatoms. The number of anilines is 3. The second-order valence-electron chi connectivity index (χ2n) is 19.7. The summed E-state index contributed by atoms with van der Waals surface area (Å²) in [6, 6.07) is 79.6. The van der Waals surface area contributed by atoms with Crippen molar-refractivity contribution in [2.45, 2.75) is 45.8 Å². The van der Waals surface area contributed by atoms with E-state index in [0.717, 1.165) is 17.1 Å². The number of hydrogen-bond acceptors (Lipinski definition) is 1. The highest BCUT2D eigenvalue weighted by molar-refractivity contribution is 6.88. The lowest BCUT2D eigenvalue weighted by Crippen LogP contribution is -2.37. The molecule has 0 N–H and O–H groups in total. The minimum absolute atomic E-state index is 0.0778. The first-order valence-electron chi connectivity index (χ1n) is 23.0. The summed E-state index contributed by atoms with van der Waals surface area (Å²) in [4.78, 5) is 2.40. The van der Waals surface area contributed by atoms with E-state index in [0.29, 0.717) is 0 Å². The molecular formula is C63H53NSi. The predicted molar refractivity (Wildman–Crippen MR) is 284 cm³/mol. The van der Waals surface area contributed by atoms with Crippen molar-refractivity contribution >= 4 is 51.9 Å². The first kappa shape index (κ1) is 40.5. The van der Waals surface area contributed by atoms with Gasteiger partial charge in [-0.1, -0.05) is 215 Å². The third kappa shape index (κ3) is 7.10. The first-order valence-corrected chi connectivity index (χ1v) is 26.5. The normalized spacial score (nSPS) is 12.2. The van der Waals surface area contributed by atoms with E-state index in [1.165, 1.54) is 99.1 Å². The monoisotopic (exact) mass is 851 g/mol. The van der Waals surface area contributed by atoms with Gasteiger partial charge < -0.3 is 4.90 Å². The van der Waals surface area contributed by atoms with Crippen LogP contribution in [0.2, 0.25) is 19.6 Å². The molecule has 314 valence electrons. The molecule has 0 saturated carbocycles. The zero-order valence-corrected chi connectivity index (χ0v) is 39.2.